The van der Waals surface area contributed by atoms with E-state index in [4.69, 9.17) is 4.52 Å². The van der Waals surface area contributed by atoms with Crippen LogP contribution in [0.1, 0.15) is 43.1 Å². The number of alkyl halides is 3. The van der Waals surface area contributed by atoms with Gasteiger partial charge in [0.1, 0.15) is 11.5 Å². The minimum atomic E-state index is -4.30. The Morgan fingerprint density at radius 1 is 1.50 bits per heavy atom. The molecular weight excluding hydrogens is 249 g/mol. The number of hydrogen-bond donors (Lipinski definition) is 1. The van der Waals surface area contributed by atoms with Crippen molar-refractivity contribution in [2.75, 3.05) is 0 Å². The summed E-state index contributed by atoms with van der Waals surface area (Å²) < 4.78 is 40.7. The molecule has 1 aromatic heterocycles. The molecule has 1 heterocycles. The van der Waals surface area contributed by atoms with Gasteiger partial charge in [-0.25, -0.2) is 0 Å². The van der Waals surface area contributed by atoms with Gasteiger partial charge in [-0.1, -0.05) is 5.16 Å². The summed E-state index contributed by atoms with van der Waals surface area (Å²) in [6.07, 6.45) is -3.81. The van der Waals surface area contributed by atoms with Gasteiger partial charge >= 0.3 is 6.18 Å². The fourth-order valence-electron chi connectivity index (χ4n) is 1.50. The number of nitrogens with one attached hydrogen (secondary N) is 1. The maximum Gasteiger partial charge on any atom is 0.389 e. The van der Waals surface area contributed by atoms with Crippen LogP contribution in [0.4, 0.5) is 13.2 Å². The van der Waals surface area contributed by atoms with Crippen molar-refractivity contribution in [3.63, 3.8) is 0 Å². The van der Waals surface area contributed by atoms with Crippen molar-refractivity contribution >= 4 is 5.91 Å². The van der Waals surface area contributed by atoms with E-state index in [0.717, 1.165) is 18.6 Å². The molecule has 0 aromatic carbocycles. The van der Waals surface area contributed by atoms with Crippen LogP contribution in [0, 0.1) is 0 Å². The van der Waals surface area contributed by atoms with Gasteiger partial charge < -0.3 is 9.84 Å². The van der Waals surface area contributed by atoms with Crippen molar-refractivity contribution in [2.45, 2.75) is 44.3 Å². The Hall–Kier alpha value is -1.53. The zero-order valence-corrected chi connectivity index (χ0v) is 9.59. The number of rotatable bonds is 5. The molecule has 1 amide bonds. The molecule has 0 aliphatic heterocycles. The minimum Gasteiger partial charge on any atom is -0.361 e. The number of aromatic nitrogens is 1. The minimum absolute atomic E-state index is 0.104. The van der Waals surface area contributed by atoms with Gasteiger partial charge in [0.05, 0.1) is 13.0 Å². The van der Waals surface area contributed by atoms with E-state index in [2.05, 4.69) is 10.5 Å². The van der Waals surface area contributed by atoms with Crippen molar-refractivity contribution < 1.29 is 22.5 Å². The molecule has 2 rings (SSSR count). The lowest BCUT2D eigenvalue weighted by Gasteiger charge is -2.05. The molecule has 0 saturated heterocycles. The molecule has 1 saturated carbocycles. The van der Waals surface area contributed by atoms with Gasteiger partial charge in [0.2, 0.25) is 5.91 Å². The summed E-state index contributed by atoms with van der Waals surface area (Å²) in [4.78, 5) is 11.1. The highest BCUT2D eigenvalue weighted by molar-refractivity contribution is 5.75. The average molecular weight is 262 g/mol. The van der Waals surface area contributed by atoms with E-state index in [1.165, 1.54) is 0 Å². The van der Waals surface area contributed by atoms with Crippen LogP contribution in [0.2, 0.25) is 0 Å². The topological polar surface area (TPSA) is 55.1 Å². The Labute approximate surface area is 102 Å². The van der Waals surface area contributed by atoms with E-state index < -0.39 is 24.9 Å². The summed E-state index contributed by atoms with van der Waals surface area (Å²) in [5, 5.41) is 6.13. The van der Waals surface area contributed by atoms with E-state index >= 15 is 0 Å². The smallest absolute Gasteiger partial charge is 0.361 e. The molecule has 100 valence electrons. The van der Waals surface area contributed by atoms with Gasteiger partial charge in [-0.3, -0.25) is 4.79 Å². The molecule has 1 N–H and O–H groups in total. The van der Waals surface area contributed by atoms with Crippen molar-refractivity contribution in [3.8, 4) is 0 Å². The maximum absolute atomic E-state index is 11.9. The second-order valence-corrected chi connectivity index (χ2v) is 4.39. The average Bonchev–Trinajstić information content (AvgIpc) is 3.03. The summed E-state index contributed by atoms with van der Waals surface area (Å²) in [5.74, 6) is 0.574. The van der Waals surface area contributed by atoms with Crippen LogP contribution < -0.4 is 5.32 Å². The molecule has 1 aliphatic carbocycles. The second kappa shape index (κ2) is 4.99. The molecule has 18 heavy (non-hydrogen) atoms. The second-order valence-electron chi connectivity index (χ2n) is 4.39. The number of nitrogens with zero attached hydrogens (tertiary/aromatic N) is 1. The highest BCUT2D eigenvalue weighted by Gasteiger charge is 2.29. The van der Waals surface area contributed by atoms with E-state index in [1.807, 2.05) is 0 Å². The first-order chi connectivity index (χ1) is 8.44. The monoisotopic (exact) mass is 262 g/mol. The lowest BCUT2D eigenvalue weighted by Crippen LogP contribution is -2.24. The summed E-state index contributed by atoms with van der Waals surface area (Å²) in [7, 11) is 0. The van der Waals surface area contributed by atoms with E-state index in [-0.39, 0.29) is 6.54 Å². The van der Waals surface area contributed by atoms with Crippen LogP contribution in [-0.4, -0.2) is 17.2 Å². The first-order valence-corrected chi connectivity index (χ1v) is 5.73. The van der Waals surface area contributed by atoms with E-state index in [0.29, 0.717) is 11.6 Å². The molecule has 0 bridgehead atoms. The number of carbonyl (C=O) groups is 1. The zero-order chi connectivity index (χ0) is 13.2. The SMILES string of the molecule is O=C(CCC(F)(F)F)NCc1cc(C2CC2)on1. The lowest BCUT2D eigenvalue weighted by molar-refractivity contribution is -0.144. The molecule has 1 aromatic rings. The third kappa shape index (κ3) is 4.05. The summed E-state index contributed by atoms with van der Waals surface area (Å²) in [5.41, 5.74) is 0.539. The van der Waals surface area contributed by atoms with Crippen LogP contribution >= 0.6 is 0 Å². The fourth-order valence-corrected chi connectivity index (χ4v) is 1.50. The number of halogens is 3. The van der Waals surface area contributed by atoms with Gasteiger partial charge in [0.15, 0.2) is 0 Å². The lowest BCUT2D eigenvalue weighted by atomic mass is 10.2. The third-order valence-electron chi connectivity index (χ3n) is 2.66. The Morgan fingerprint density at radius 3 is 2.83 bits per heavy atom. The first-order valence-electron chi connectivity index (χ1n) is 5.73. The normalized spacial score (nSPS) is 15.7. The van der Waals surface area contributed by atoms with Crippen molar-refractivity contribution in [3.05, 3.63) is 17.5 Å². The van der Waals surface area contributed by atoms with Crippen LogP contribution in [0.3, 0.4) is 0 Å². The van der Waals surface area contributed by atoms with Crippen LogP contribution in [0.25, 0.3) is 0 Å². The molecule has 1 aliphatic rings. The van der Waals surface area contributed by atoms with E-state index in [9.17, 15) is 18.0 Å². The standard InChI is InChI=1S/C11H13F3N2O2/c12-11(13,14)4-3-10(17)15-6-8-5-9(18-16-8)7-1-2-7/h5,7H,1-4,6H2,(H,15,17). The fraction of sp³-hybridized carbons (Fsp3) is 0.636. The highest BCUT2D eigenvalue weighted by Crippen LogP contribution is 2.40. The Bertz CT molecular complexity index is 424. The summed E-state index contributed by atoms with van der Waals surface area (Å²) in [6.45, 7) is 0.104. The largest absolute Gasteiger partial charge is 0.389 e. The molecule has 4 nitrogen and oxygen atoms in total. The maximum atomic E-state index is 11.9. The quantitative estimate of drug-likeness (QED) is 0.887. The van der Waals surface area contributed by atoms with E-state index in [1.54, 1.807) is 6.07 Å². The molecular formula is C11H13F3N2O2. The van der Waals surface area contributed by atoms with Gasteiger partial charge in [-0.2, -0.15) is 13.2 Å². The molecule has 0 unspecified atom stereocenters. The van der Waals surface area contributed by atoms with Crippen molar-refractivity contribution in [1.82, 2.24) is 10.5 Å². The number of amides is 1. The zero-order valence-electron chi connectivity index (χ0n) is 9.59. The Morgan fingerprint density at radius 2 is 2.22 bits per heavy atom. The molecule has 0 radical (unpaired) electrons. The van der Waals surface area contributed by atoms with Gasteiger partial charge in [-0.15, -0.1) is 0 Å². The molecule has 0 atom stereocenters. The predicted octanol–water partition coefficient (Wildman–Crippen LogP) is 2.51. The molecule has 7 heteroatoms. The number of carbonyl (C=O) groups excluding carboxylic acids is 1. The van der Waals surface area contributed by atoms with Gasteiger partial charge in [0.25, 0.3) is 0 Å². The first kappa shape index (κ1) is 12.9. The molecule has 1 fully saturated rings. The van der Waals surface area contributed by atoms with Crippen molar-refractivity contribution in [1.29, 1.82) is 0 Å². The third-order valence-corrected chi connectivity index (χ3v) is 2.66. The van der Waals surface area contributed by atoms with Gasteiger partial charge in [-0.05, 0) is 12.8 Å². The van der Waals surface area contributed by atoms with Crippen LogP contribution in [-0.2, 0) is 11.3 Å². The van der Waals surface area contributed by atoms with Crippen LogP contribution in [0.15, 0.2) is 10.6 Å². The Balaban J connectivity index is 1.71. The predicted molar refractivity (Wildman–Crippen MR) is 55.6 cm³/mol. The van der Waals surface area contributed by atoms with Gasteiger partial charge in [0, 0.05) is 18.4 Å². The Kier molecular flexibility index (Phi) is 3.58. The molecule has 0 spiro atoms. The van der Waals surface area contributed by atoms with Crippen molar-refractivity contribution in [2.24, 2.45) is 0 Å². The summed E-state index contributed by atoms with van der Waals surface area (Å²) in [6, 6.07) is 1.74. The highest BCUT2D eigenvalue weighted by atomic mass is 19.4. The number of hydrogen-bond acceptors (Lipinski definition) is 3. The summed E-state index contributed by atoms with van der Waals surface area (Å²) >= 11 is 0. The van der Waals surface area contributed by atoms with Crippen LogP contribution in [0.5, 0.6) is 0 Å².